The summed E-state index contributed by atoms with van der Waals surface area (Å²) in [5.74, 6) is 2.77. The second-order valence-electron chi connectivity index (χ2n) is 4.01. The molecule has 0 heterocycles. The summed E-state index contributed by atoms with van der Waals surface area (Å²) in [4.78, 5) is 13.4. The number of aliphatic hydroxyl groups is 1. The molecule has 0 fully saturated rings. The number of carbonyl (C=O) groups excluding carboxylic acids is 1. The maximum Gasteiger partial charge on any atom is 0.222 e. The molecule has 3 nitrogen and oxygen atoms in total. The average Bonchev–Trinajstić information content (AvgIpc) is 2.29. The maximum atomic E-state index is 11.6. The smallest absolute Gasteiger partial charge is 0.222 e. The van der Waals surface area contributed by atoms with Crippen molar-refractivity contribution in [2.45, 2.75) is 44.9 Å². The third-order valence-corrected chi connectivity index (χ3v) is 2.54. The van der Waals surface area contributed by atoms with Crippen molar-refractivity contribution in [3.63, 3.8) is 0 Å². The van der Waals surface area contributed by atoms with E-state index in [1.54, 1.807) is 4.90 Å². The molecule has 0 aromatic carbocycles. The molecular formula is C13H23NO2. The fraction of sp³-hybridized carbons (Fsp3) is 0.769. The van der Waals surface area contributed by atoms with E-state index in [0.29, 0.717) is 6.42 Å². The van der Waals surface area contributed by atoms with Crippen LogP contribution >= 0.6 is 0 Å². The van der Waals surface area contributed by atoms with Gasteiger partial charge >= 0.3 is 0 Å². The molecule has 0 saturated heterocycles. The molecule has 0 aliphatic carbocycles. The minimum atomic E-state index is 0.195. The van der Waals surface area contributed by atoms with Crippen LogP contribution < -0.4 is 0 Å². The SMILES string of the molecule is C#CCCCCC(=O)N(C)CCCCCO. The summed E-state index contributed by atoms with van der Waals surface area (Å²) < 4.78 is 0. The van der Waals surface area contributed by atoms with Crippen molar-refractivity contribution in [1.82, 2.24) is 4.90 Å². The molecule has 3 heteroatoms. The van der Waals surface area contributed by atoms with Gasteiger partial charge in [-0.15, -0.1) is 12.3 Å². The molecule has 0 bridgehead atoms. The van der Waals surface area contributed by atoms with Crippen LogP contribution in [-0.2, 0) is 4.79 Å². The van der Waals surface area contributed by atoms with E-state index in [2.05, 4.69) is 5.92 Å². The topological polar surface area (TPSA) is 40.5 Å². The zero-order valence-corrected chi connectivity index (χ0v) is 10.2. The standard InChI is InChI=1S/C13H23NO2/c1-3-4-5-7-10-13(16)14(2)11-8-6-9-12-15/h1,15H,4-12H2,2H3. The van der Waals surface area contributed by atoms with E-state index in [-0.39, 0.29) is 12.5 Å². The van der Waals surface area contributed by atoms with E-state index in [0.717, 1.165) is 45.1 Å². The summed E-state index contributed by atoms with van der Waals surface area (Å²) >= 11 is 0. The van der Waals surface area contributed by atoms with Gasteiger partial charge in [-0.2, -0.15) is 0 Å². The van der Waals surface area contributed by atoms with Gasteiger partial charge in [-0.3, -0.25) is 4.79 Å². The summed E-state index contributed by atoms with van der Waals surface area (Å²) in [7, 11) is 1.84. The number of terminal acetylenes is 1. The minimum Gasteiger partial charge on any atom is -0.396 e. The lowest BCUT2D eigenvalue weighted by Gasteiger charge is -2.16. The average molecular weight is 225 g/mol. The Morgan fingerprint density at radius 3 is 2.62 bits per heavy atom. The molecule has 0 aliphatic rings. The Morgan fingerprint density at radius 1 is 1.25 bits per heavy atom. The normalized spacial score (nSPS) is 9.81. The third kappa shape index (κ3) is 8.31. The van der Waals surface area contributed by atoms with Crippen LogP contribution in [0.4, 0.5) is 0 Å². The van der Waals surface area contributed by atoms with E-state index >= 15 is 0 Å². The number of rotatable bonds is 9. The highest BCUT2D eigenvalue weighted by Gasteiger charge is 2.07. The Hall–Kier alpha value is -1.01. The molecule has 0 rings (SSSR count). The molecular weight excluding hydrogens is 202 g/mol. The van der Waals surface area contributed by atoms with Gasteiger partial charge in [0.2, 0.25) is 5.91 Å². The van der Waals surface area contributed by atoms with Crippen LogP contribution in [0.1, 0.15) is 44.9 Å². The predicted molar refractivity (Wildman–Crippen MR) is 65.9 cm³/mol. The van der Waals surface area contributed by atoms with Crippen LogP contribution in [0, 0.1) is 12.3 Å². The Morgan fingerprint density at radius 2 is 2.00 bits per heavy atom. The molecule has 0 aliphatic heterocycles. The second kappa shape index (κ2) is 10.5. The van der Waals surface area contributed by atoms with Gasteiger partial charge in [0.15, 0.2) is 0 Å². The van der Waals surface area contributed by atoms with E-state index in [1.165, 1.54) is 0 Å². The quantitative estimate of drug-likeness (QED) is 0.480. The van der Waals surface area contributed by atoms with Crippen molar-refractivity contribution in [3.05, 3.63) is 0 Å². The molecule has 0 saturated carbocycles. The number of nitrogens with zero attached hydrogens (tertiary/aromatic N) is 1. The minimum absolute atomic E-state index is 0.195. The Balaban J connectivity index is 3.46. The number of hydrogen-bond donors (Lipinski definition) is 1. The monoisotopic (exact) mass is 225 g/mol. The molecule has 16 heavy (non-hydrogen) atoms. The first kappa shape index (κ1) is 15.0. The van der Waals surface area contributed by atoms with Crippen molar-refractivity contribution in [2.75, 3.05) is 20.2 Å². The highest BCUT2D eigenvalue weighted by molar-refractivity contribution is 5.75. The summed E-state index contributed by atoms with van der Waals surface area (Å²) in [5, 5.41) is 8.61. The Bertz CT molecular complexity index is 220. The molecule has 0 spiro atoms. The van der Waals surface area contributed by atoms with Crippen LogP contribution in [0.15, 0.2) is 0 Å². The van der Waals surface area contributed by atoms with E-state index in [9.17, 15) is 4.79 Å². The highest BCUT2D eigenvalue weighted by Crippen LogP contribution is 2.03. The molecule has 0 aromatic rings. The van der Waals surface area contributed by atoms with E-state index < -0.39 is 0 Å². The fourth-order valence-electron chi connectivity index (χ4n) is 1.46. The first-order valence-electron chi connectivity index (χ1n) is 6.00. The van der Waals surface area contributed by atoms with Crippen molar-refractivity contribution in [3.8, 4) is 12.3 Å². The lowest BCUT2D eigenvalue weighted by Crippen LogP contribution is -2.27. The van der Waals surface area contributed by atoms with Gasteiger partial charge in [0.25, 0.3) is 0 Å². The number of carbonyl (C=O) groups is 1. The predicted octanol–water partition coefficient (Wildman–Crippen LogP) is 1.80. The molecule has 0 atom stereocenters. The zero-order valence-electron chi connectivity index (χ0n) is 10.2. The first-order valence-corrected chi connectivity index (χ1v) is 6.00. The van der Waals surface area contributed by atoms with Crippen molar-refractivity contribution >= 4 is 5.91 Å². The van der Waals surface area contributed by atoms with Crippen LogP contribution in [0.5, 0.6) is 0 Å². The van der Waals surface area contributed by atoms with E-state index in [1.807, 2.05) is 7.05 Å². The van der Waals surface area contributed by atoms with Gasteiger partial charge in [0.05, 0.1) is 0 Å². The first-order chi connectivity index (χ1) is 7.72. The third-order valence-electron chi connectivity index (χ3n) is 2.54. The highest BCUT2D eigenvalue weighted by atomic mass is 16.2. The summed E-state index contributed by atoms with van der Waals surface area (Å²) in [6.45, 7) is 1.03. The fourth-order valence-corrected chi connectivity index (χ4v) is 1.46. The zero-order chi connectivity index (χ0) is 12.2. The lowest BCUT2D eigenvalue weighted by molar-refractivity contribution is -0.130. The van der Waals surface area contributed by atoms with Crippen molar-refractivity contribution < 1.29 is 9.90 Å². The summed E-state index contributed by atoms with van der Waals surface area (Å²) in [6, 6.07) is 0. The van der Waals surface area contributed by atoms with Crippen LogP contribution in [0.25, 0.3) is 0 Å². The number of unbranched alkanes of at least 4 members (excludes halogenated alkanes) is 4. The largest absolute Gasteiger partial charge is 0.396 e. The maximum absolute atomic E-state index is 11.6. The number of hydrogen-bond acceptors (Lipinski definition) is 2. The summed E-state index contributed by atoms with van der Waals surface area (Å²) in [6.07, 6.45) is 11.1. The van der Waals surface area contributed by atoms with E-state index in [4.69, 9.17) is 11.5 Å². The van der Waals surface area contributed by atoms with Crippen molar-refractivity contribution in [1.29, 1.82) is 0 Å². The van der Waals surface area contributed by atoms with Gasteiger partial charge in [-0.25, -0.2) is 0 Å². The molecule has 0 unspecified atom stereocenters. The molecule has 0 radical (unpaired) electrons. The van der Waals surface area contributed by atoms with Gasteiger partial charge in [0, 0.05) is 33.0 Å². The molecule has 0 aromatic heterocycles. The Labute approximate surface area is 98.8 Å². The van der Waals surface area contributed by atoms with Crippen molar-refractivity contribution in [2.24, 2.45) is 0 Å². The lowest BCUT2D eigenvalue weighted by atomic mass is 10.2. The van der Waals surface area contributed by atoms with Crippen LogP contribution in [0.3, 0.4) is 0 Å². The number of amides is 1. The second-order valence-corrected chi connectivity index (χ2v) is 4.01. The van der Waals surface area contributed by atoms with Crippen LogP contribution in [-0.4, -0.2) is 36.1 Å². The number of aliphatic hydroxyl groups excluding tert-OH is 1. The summed E-state index contributed by atoms with van der Waals surface area (Å²) in [5.41, 5.74) is 0. The van der Waals surface area contributed by atoms with Gasteiger partial charge in [0.1, 0.15) is 0 Å². The Kier molecular flexibility index (Phi) is 9.84. The van der Waals surface area contributed by atoms with Gasteiger partial charge < -0.3 is 10.0 Å². The van der Waals surface area contributed by atoms with Gasteiger partial charge in [-0.1, -0.05) is 0 Å². The van der Waals surface area contributed by atoms with Gasteiger partial charge in [-0.05, 0) is 32.1 Å². The molecule has 1 N–H and O–H groups in total. The molecule has 92 valence electrons. The van der Waals surface area contributed by atoms with Crippen LogP contribution in [0.2, 0.25) is 0 Å². The molecule has 1 amide bonds.